The molecule has 136 valence electrons. The van der Waals surface area contributed by atoms with Crippen LogP contribution in [-0.2, 0) is 17.8 Å². The number of furan rings is 1. The average molecular weight is 353 g/mol. The minimum Gasteiger partial charge on any atom is -0.459 e. The topological polar surface area (TPSA) is 74.6 Å². The van der Waals surface area contributed by atoms with Gasteiger partial charge in [-0.3, -0.25) is 9.59 Å². The summed E-state index contributed by atoms with van der Waals surface area (Å²) in [6.07, 6.45) is 4.18. The second-order valence-corrected chi connectivity index (χ2v) is 6.98. The van der Waals surface area contributed by atoms with Crippen LogP contribution in [0, 0.1) is 5.92 Å². The summed E-state index contributed by atoms with van der Waals surface area (Å²) < 4.78 is 5.43. The van der Waals surface area contributed by atoms with Crippen LogP contribution in [0.1, 0.15) is 34.5 Å². The number of fused-ring (bicyclic) bond motifs is 1. The van der Waals surface area contributed by atoms with E-state index < -0.39 is 0 Å². The quantitative estimate of drug-likeness (QED) is 0.863. The number of carbonyl (C=O) groups is 2. The molecule has 0 radical (unpaired) electrons. The molecule has 2 N–H and O–H groups in total. The molecule has 0 aliphatic carbocycles. The predicted molar refractivity (Wildman–Crippen MR) is 98.0 cm³/mol. The van der Waals surface area contributed by atoms with Crippen molar-refractivity contribution in [3.8, 4) is 0 Å². The average Bonchev–Trinajstić information content (AvgIpc) is 3.26. The highest BCUT2D eigenvalue weighted by Crippen LogP contribution is 2.30. The first kappa shape index (κ1) is 16.8. The molecular formula is C20H23N3O3. The molecule has 1 fully saturated rings. The van der Waals surface area contributed by atoms with E-state index in [1.54, 1.807) is 11.0 Å². The van der Waals surface area contributed by atoms with Crippen molar-refractivity contribution in [1.29, 1.82) is 0 Å². The molecule has 1 saturated heterocycles. The molecular weight excluding hydrogens is 330 g/mol. The number of benzene rings is 1. The summed E-state index contributed by atoms with van der Waals surface area (Å²) in [6.45, 7) is 2.97. The lowest BCUT2D eigenvalue weighted by molar-refractivity contribution is -0.117. The Morgan fingerprint density at radius 3 is 3.04 bits per heavy atom. The van der Waals surface area contributed by atoms with Crippen molar-refractivity contribution in [2.75, 3.05) is 24.5 Å². The Morgan fingerprint density at radius 2 is 2.19 bits per heavy atom. The number of hydrogen-bond donors (Lipinski definition) is 2. The summed E-state index contributed by atoms with van der Waals surface area (Å²) in [4.78, 5) is 26.6. The van der Waals surface area contributed by atoms with Crippen LogP contribution in [-0.4, -0.2) is 31.4 Å². The highest BCUT2D eigenvalue weighted by atomic mass is 16.3. The molecule has 0 spiro atoms. The van der Waals surface area contributed by atoms with Crippen molar-refractivity contribution in [2.24, 2.45) is 5.92 Å². The van der Waals surface area contributed by atoms with Gasteiger partial charge >= 0.3 is 0 Å². The van der Waals surface area contributed by atoms with Gasteiger partial charge in [-0.25, -0.2) is 0 Å². The maximum absolute atomic E-state index is 12.5. The number of nitrogens with one attached hydrogen (secondary N) is 2. The summed E-state index contributed by atoms with van der Waals surface area (Å²) in [5.74, 6) is 0.589. The first-order valence-electron chi connectivity index (χ1n) is 9.16. The van der Waals surface area contributed by atoms with Crippen molar-refractivity contribution in [2.45, 2.75) is 25.8 Å². The third-order valence-electron chi connectivity index (χ3n) is 5.16. The van der Waals surface area contributed by atoms with Crippen LogP contribution in [0.5, 0.6) is 0 Å². The van der Waals surface area contributed by atoms with Gasteiger partial charge in [-0.2, -0.15) is 0 Å². The van der Waals surface area contributed by atoms with Gasteiger partial charge in [0, 0.05) is 17.8 Å². The molecule has 0 saturated carbocycles. The zero-order chi connectivity index (χ0) is 17.9. The van der Waals surface area contributed by atoms with Crippen LogP contribution in [0.4, 0.5) is 5.69 Å². The highest BCUT2D eigenvalue weighted by molar-refractivity contribution is 6.01. The molecule has 2 aromatic rings. The van der Waals surface area contributed by atoms with E-state index in [9.17, 15) is 9.59 Å². The zero-order valence-electron chi connectivity index (χ0n) is 14.7. The number of carbonyl (C=O) groups excluding carboxylic acids is 2. The second-order valence-electron chi connectivity index (χ2n) is 6.98. The van der Waals surface area contributed by atoms with Crippen molar-refractivity contribution in [3.63, 3.8) is 0 Å². The van der Waals surface area contributed by atoms with E-state index in [2.05, 4.69) is 10.6 Å². The third kappa shape index (κ3) is 3.37. The first-order chi connectivity index (χ1) is 12.7. The molecule has 0 bridgehead atoms. The van der Waals surface area contributed by atoms with Gasteiger partial charge in [0.15, 0.2) is 5.76 Å². The Bertz CT molecular complexity index is 808. The first-order valence-corrected chi connectivity index (χ1v) is 9.16. The lowest BCUT2D eigenvalue weighted by Crippen LogP contribution is -2.38. The van der Waals surface area contributed by atoms with Crippen LogP contribution in [0.25, 0.3) is 0 Å². The van der Waals surface area contributed by atoms with Gasteiger partial charge in [-0.1, -0.05) is 18.2 Å². The largest absolute Gasteiger partial charge is 0.459 e. The number of para-hydroxylation sites is 1. The molecule has 1 unspecified atom stereocenters. The Hall–Kier alpha value is -2.60. The standard InChI is InChI=1S/C20H23N3O3/c24-18-10-15-5-1-2-6-17(15)23(18)13-16-7-9-26-19(16)20(25)22-12-14-4-3-8-21-11-14/h1-2,5-7,9,14,21H,3-4,8,10-13H2,(H,22,25). The van der Waals surface area contributed by atoms with E-state index in [4.69, 9.17) is 4.42 Å². The number of amides is 2. The fourth-order valence-electron chi connectivity index (χ4n) is 3.73. The van der Waals surface area contributed by atoms with Gasteiger partial charge in [0.2, 0.25) is 5.91 Å². The van der Waals surface area contributed by atoms with Gasteiger partial charge in [0.1, 0.15) is 0 Å². The van der Waals surface area contributed by atoms with E-state index >= 15 is 0 Å². The van der Waals surface area contributed by atoms with E-state index in [0.717, 1.165) is 42.7 Å². The van der Waals surface area contributed by atoms with Crippen LogP contribution < -0.4 is 15.5 Å². The minimum atomic E-state index is -0.212. The minimum absolute atomic E-state index is 0.0482. The maximum Gasteiger partial charge on any atom is 0.287 e. The molecule has 1 aromatic heterocycles. The summed E-state index contributed by atoms with van der Waals surface area (Å²) >= 11 is 0. The van der Waals surface area contributed by atoms with Gasteiger partial charge in [0.25, 0.3) is 5.91 Å². The smallest absolute Gasteiger partial charge is 0.287 e. The summed E-state index contributed by atoms with van der Waals surface area (Å²) in [6, 6.07) is 9.54. The predicted octanol–water partition coefficient (Wildman–Crippen LogP) is 2.10. The lowest BCUT2D eigenvalue weighted by atomic mass is 10.00. The van der Waals surface area contributed by atoms with Gasteiger partial charge in [-0.15, -0.1) is 0 Å². The highest BCUT2D eigenvalue weighted by Gasteiger charge is 2.29. The number of rotatable bonds is 5. The molecule has 4 rings (SSSR count). The van der Waals surface area contributed by atoms with E-state index in [-0.39, 0.29) is 11.8 Å². The lowest BCUT2D eigenvalue weighted by Gasteiger charge is -2.22. The number of piperidine rings is 1. The molecule has 2 amide bonds. The fourth-order valence-corrected chi connectivity index (χ4v) is 3.73. The van der Waals surface area contributed by atoms with Crippen LogP contribution in [0.15, 0.2) is 41.0 Å². The van der Waals surface area contributed by atoms with E-state index in [1.165, 1.54) is 6.26 Å². The normalized spacial score (nSPS) is 19.5. The summed E-state index contributed by atoms with van der Waals surface area (Å²) in [5, 5.41) is 6.32. The van der Waals surface area contributed by atoms with E-state index in [1.807, 2.05) is 24.3 Å². The molecule has 1 aromatic carbocycles. The van der Waals surface area contributed by atoms with Gasteiger partial charge in [0.05, 0.1) is 19.2 Å². The van der Waals surface area contributed by atoms with Crippen LogP contribution in [0.2, 0.25) is 0 Å². The fraction of sp³-hybridized carbons (Fsp3) is 0.400. The van der Waals surface area contributed by atoms with Crippen molar-refractivity contribution >= 4 is 17.5 Å². The molecule has 2 aliphatic heterocycles. The molecule has 6 nitrogen and oxygen atoms in total. The van der Waals surface area contributed by atoms with Crippen molar-refractivity contribution in [3.05, 3.63) is 53.5 Å². The Kier molecular flexibility index (Phi) is 4.75. The van der Waals surface area contributed by atoms with Crippen molar-refractivity contribution < 1.29 is 14.0 Å². The van der Waals surface area contributed by atoms with E-state index in [0.29, 0.717) is 31.2 Å². The Morgan fingerprint density at radius 1 is 1.31 bits per heavy atom. The number of anilines is 1. The SMILES string of the molecule is O=C(NCC1CCCNC1)c1occc1CN1C(=O)Cc2ccccc21. The molecule has 2 aliphatic rings. The Balaban J connectivity index is 1.43. The molecule has 3 heterocycles. The van der Waals surface area contributed by atoms with Crippen LogP contribution in [0.3, 0.4) is 0 Å². The molecule has 6 heteroatoms. The van der Waals surface area contributed by atoms with Crippen molar-refractivity contribution in [1.82, 2.24) is 10.6 Å². The summed E-state index contributed by atoms with van der Waals surface area (Å²) in [5.41, 5.74) is 2.67. The number of nitrogens with zero attached hydrogens (tertiary/aromatic N) is 1. The zero-order valence-corrected chi connectivity index (χ0v) is 14.7. The maximum atomic E-state index is 12.5. The second kappa shape index (κ2) is 7.33. The van der Waals surface area contributed by atoms with Gasteiger partial charge < -0.3 is 20.0 Å². The molecule has 26 heavy (non-hydrogen) atoms. The van der Waals surface area contributed by atoms with Gasteiger partial charge in [-0.05, 0) is 49.5 Å². The third-order valence-corrected chi connectivity index (χ3v) is 5.16. The monoisotopic (exact) mass is 353 g/mol. The molecule has 1 atom stereocenters. The summed E-state index contributed by atoms with van der Waals surface area (Å²) in [7, 11) is 0. The number of hydrogen-bond acceptors (Lipinski definition) is 4. The Labute approximate surface area is 152 Å². The van der Waals surface area contributed by atoms with Crippen LogP contribution >= 0.6 is 0 Å².